The molecule has 0 saturated carbocycles. The molecule has 0 radical (unpaired) electrons. The summed E-state index contributed by atoms with van der Waals surface area (Å²) in [5.74, 6) is -0.482. The molecular weight excluding hydrogens is 622 g/mol. The summed E-state index contributed by atoms with van der Waals surface area (Å²) in [4.78, 5) is 25.8. The standard InChI is InChI=1S/C44H85NO5/c1-4-7-10-13-16-19-21-22-23-24-27-30-33-36-42(47)41(39-46)45-43(48)38-40(35-32-29-26-18-15-12-9-6-3)50-44(49)37-34-31-28-25-20-17-14-11-8-5-2/h11,14,40-42,46-47H,4-10,12-13,15-39H2,1-3H3,(H,45,48)/b14-11-. The monoisotopic (exact) mass is 708 g/mol. The molecule has 1 amide bonds. The van der Waals surface area contributed by atoms with E-state index in [2.05, 4.69) is 38.2 Å². The molecule has 0 spiro atoms. The van der Waals surface area contributed by atoms with Crippen LogP contribution in [0.25, 0.3) is 0 Å². The van der Waals surface area contributed by atoms with Crippen LogP contribution < -0.4 is 5.32 Å². The summed E-state index contributed by atoms with van der Waals surface area (Å²) in [7, 11) is 0. The molecule has 3 atom stereocenters. The number of esters is 1. The minimum atomic E-state index is -0.780. The number of rotatable bonds is 39. The average molecular weight is 708 g/mol. The van der Waals surface area contributed by atoms with Crippen LogP contribution in [0.15, 0.2) is 12.2 Å². The first-order valence-corrected chi connectivity index (χ1v) is 21.9. The number of carbonyl (C=O) groups excluding carboxylic acids is 2. The van der Waals surface area contributed by atoms with Crippen molar-refractivity contribution in [1.29, 1.82) is 0 Å². The molecule has 0 aromatic rings. The van der Waals surface area contributed by atoms with Crippen LogP contribution in [0.2, 0.25) is 0 Å². The van der Waals surface area contributed by atoms with Crippen molar-refractivity contribution >= 4 is 11.9 Å². The van der Waals surface area contributed by atoms with E-state index in [0.717, 1.165) is 57.8 Å². The molecule has 0 heterocycles. The summed E-state index contributed by atoms with van der Waals surface area (Å²) in [5.41, 5.74) is 0. The second-order valence-electron chi connectivity index (χ2n) is 15.1. The molecule has 6 nitrogen and oxygen atoms in total. The van der Waals surface area contributed by atoms with E-state index in [-0.39, 0.29) is 24.9 Å². The Morgan fingerprint density at radius 2 is 1.00 bits per heavy atom. The maximum atomic E-state index is 13.0. The van der Waals surface area contributed by atoms with Gasteiger partial charge in [-0.3, -0.25) is 9.59 Å². The van der Waals surface area contributed by atoms with Gasteiger partial charge in [-0.2, -0.15) is 0 Å². The van der Waals surface area contributed by atoms with Gasteiger partial charge < -0.3 is 20.3 Å². The molecule has 3 unspecified atom stereocenters. The summed E-state index contributed by atoms with van der Waals surface area (Å²) in [6.07, 6.45) is 39.9. The molecule has 296 valence electrons. The van der Waals surface area contributed by atoms with Crippen molar-refractivity contribution in [1.82, 2.24) is 5.32 Å². The van der Waals surface area contributed by atoms with Gasteiger partial charge in [0.2, 0.25) is 5.91 Å². The van der Waals surface area contributed by atoms with Crippen molar-refractivity contribution in [2.75, 3.05) is 6.61 Å². The van der Waals surface area contributed by atoms with E-state index < -0.39 is 18.2 Å². The maximum absolute atomic E-state index is 13.0. The van der Waals surface area contributed by atoms with E-state index in [1.807, 2.05) is 0 Å². The third-order valence-corrected chi connectivity index (χ3v) is 10.1. The second kappa shape index (κ2) is 38.8. The molecule has 0 saturated heterocycles. The smallest absolute Gasteiger partial charge is 0.306 e. The minimum absolute atomic E-state index is 0.0791. The Morgan fingerprint density at radius 3 is 1.50 bits per heavy atom. The van der Waals surface area contributed by atoms with E-state index in [0.29, 0.717) is 19.3 Å². The molecule has 6 heteroatoms. The minimum Gasteiger partial charge on any atom is -0.462 e. The molecule has 0 aromatic carbocycles. The number of unbranched alkanes of at least 4 members (excludes halogenated alkanes) is 25. The van der Waals surface area contributed by atoms with Crippen molar-refractivity contribution in [2.24, 2.45) is 0 Å². The molecule has 0 aliphatic rings. The predicted octanol–water partition coefficient (Wildman–Crippen LogP) is 12.2. The third kappa shape index (κ3) is 33.7. The van der Waals surface area contributed by atoms with Crippen molar-refractivity contribution in [3.05, 3.63) is 12.2 Å². The largest absolute Gasteiger partial charge is 0.462 e. The zero-order valence-corrected chi connectivity index (χ0v) is 33.5. The van der Waals surface area contributed by atoms with Gasteiger partial charge in [-0.1, -0.05) is 187 Å². The molecule has 0 aromatic heterocycles. The fourth-order valence-electron chi connectivity index (χ4n) is 6.73. The summed E-state index contributed by atoms with van der Waals surface area (Å²) >= 11 is 0. The Kier molecular flexibility index (Phi) is 37.7. The van der Waals surface area contributed by atoms with Crippen LogP contribution in [0.1, 0.15) is 233 Å². The fourth-order valence-corrected chi connectivity index (χ4v) is 6.73. The van der Waals surface area contributed by atoms with E-state index in [9.17, 15) is 19.8 Å². The van der Waals surface area contributed by atoms with Crippen molar-refractivity contribution in [3.63, 3.8) is 0 Å². The van der Waals surface area contributed by atoms with E-state index in [1.165, 1.54) is 128 Å². The number of carbonyl (C=O) groups is 2. The Labute approximate surface area is 310 Å². The molecule has 50 heavy (non-hydrogen) atoms. The zero-order valence-electron chi connectivity index (χ0n) is 33.5. The summed E-state index contributed by atoms with van der Waals surface area (Å²) in [5, 5.41) is 23.6. The number of amides is 1. The highest BCUT2D eigenvalue weighted by molar-refractivity contribution is 5.77. The molecule has 3 N–H and O–H groups in total. The van der Waals surface area contributed by atoms with Gasteiger partial charge in [0, 0.05) is 6.42 Å². The highest BCUT2D eigenvalue weighted by Crippen LogP contribution is 2.17. The highest BCUT2D eigenvalue weighted by atomic mass is 16.5. The average Bonchev–Trinajstić information content (AvgIpc) is 3.10. The van der Waals surface area contributed by atoms with Gasteiger partial charge in [-0.25, -0.2) is 0 Å². The van der Waals surface area contributed by atoms with Gasteiger partial charge in [0.25, 0.3) is 0 Å². The quantitative estimate of drug-likeness (QED) is 0.0336. The first-order valence-electron chi connectivity index (χ1n) is 21.9. The Balaban J connectivity index is 4.47. The Hall–Kier alpha value is -1.40. The zero-order chi connectivity index (χ0) is 36.8. The highest BCUT2D eigenvalue weighted by Gasteiger charge is 2.24. The van der Waals surface area contributed by atoms with Gasteiger partial charge in [0.05, 0.1) is 25.2 Å². The van der Waals surface area contributed by atoms with Crippen molar-refractivity contribution in [2.45, 2.75) is 251 Å². The summed E-state index contributed by atoms with van der Waals surface area (Å²) in [6, 6.07) is -0.693. The summed E-state index contributed by atoms with van der Waals surface area (Å²) < 4.78 is 5.86. The topological polar surface area (TPSA) is 95.9 Å². The molecule has 0 aliphatic heterocycles. The molecule has 0 fully saturated rings. The lowest BCUT2D eigenvalue weighted by molar-refractivity contribution is -0.151. The van der Waals surface area contributed by atoms with Crippen LogP contribution in [0, 0.1) is 0 Å². The van der Waals surface area contributed by atoms with E-state index in [4.69, 9.17) is 4.74 Å². The number of aliphatic hydroxyl groups is 2. The van der Waals surface area contributed by atoms with Crippen molar-refractivity contribution < 1.29 is 24.5 Å². The lowest BCUT2D eigenvalue weighted by atomic mass is 10.0. The van der Waals surface area contributed by atoms with Crippen LogP contribution in [0.4, 0.5) is 0 Å². The van der Waals surface area contributed by atoms with Crippen LogP contribution in [0.5, 0.6) is 0 Å². The van der Waals surface area contributed by atoms with Gasteiger partial charge in [0.15, 0.2) is 0 Å². The predicted molar refractivity (Wildman–Crippen MR) is 213 cm³/mol. The Morgan fingerprint density at radius 1 is 0.560 bits per heavy atom. The number of allylic oxidation sites excluding steroid dienone is 2. The summed E-state index contributed by atoms with van der Waals surface area (Å²) in [6.45, 7) is 6.39. The Bertz CT molecular complexity index is 757. The lowest BCUT2D eigenvalue weighted by Gasteiger charge is -2.24. The van der Waals surface area contributed by atoms with Crippen LogP contribution in [0.3, 0.4) is 0 Å². The SMILES string of the molecule is CCC/C=C\CCCCCCCC(=O)OC(CCCCCCCCCC)CC(=O)NC(CO)C(O)CCCCCCCCCCCCCCC. The lowest BCUT2D eigenvalue weighted by Crippen LogP contribution is -2.46. The number of aliphatic hydroxyl groups excluding tert-OH is 2. The van der Waals surface area contributed by atoms with Crippen molar-refractivity contribution in [3.8, 4) is 0 Å². The van der Waals surface area contributed by atoms with E-state index >= 15 is 0 Å². The molecule has 0 bridgehead atoms. The number of ether oxygens (including phenoxy) is 1. The van der Waals surface area contributed by atoms with Gasteiger partial charge in [-0.15, -0.1) is 0 Å². The molecule has 0 rings (SSSR count). The van der Waals surface area contributed by atoms with Crippen LogP contribution in [-0.4, -0.2) is 46.9 Å². The first-order chi connectivity index (χ1) is 24.5. The third-order valence-electron chi connectivity index (χ3n) is 10.1. The molecule has 0 aliphatic carbocycles. The number of nitrogens with one attached hydrogen (secondary N) is 1. The van der Waals surface area contributed by atoms with Crippen LogP contribution in [-0.2, 0) is 14.3 Å². The first kappa shape index (κ1) is 48.6. The van der Waals surface area contributed by atoms with E-state index in [1.54, 1.807) is 0 Å². The van der Waals surface area contributed by atoms with Gasteiger partial charge in [-0.05, 0) is 44.9 Å². The fraction of sp³-hybridized carbons (Fsp3) is 0.909. The van der Waals surface area contributed by atoms with Gasteiger partial charge in [0.1, 0.15) is 6.10 Å². The normalized spacial score (nSPS) is 13.5. The van der Waals surface area contributed by atoms with Crippen LogP contribution >= 0.6 is 0 Å². The maximum Gasteiger partial charge on any atom is 0.306 e. The molecular formula is C44H85NO5. The van der Waals surface area contributed by atoms with Gasteiger partial charge >= 0.3 is 5.97 Å². The second-order valence-corrected chi connectivity index (χ2v) is 15.1. The number of hydrogen-bond donors (Lipinski definition) is 3. The number of hydrogen-bond acceptors (Lipinski definition) is 5.